The molecule has 0 radical (unpaired) electrons. The Morgan fingerprint density at radius 1 is 1.00 bits per heavy atom. The topological polar surface area (TPSA) is 44.8 Å². The number of rotatable bonds is 7. The summed E-state index contributed by atoms with van der Waals surface area (Å²) >= 11 is 0. The van der Waals surface area contributed by atoms with E-state index in [0.717, 1.165) is 37.3 Å². The lowest BCUT2D eigenvalue weighted by Crippen LogP contribution is -2.44. The number of anilines is 1. The molecule has 31 heavy (non-hydrogen) atoms. The molecule has 1 atom stereocenters. The molecule has 1 aliphatic heterocycles. The fourth-order valence-corrected chi connectivity index (χ4v) is 4.23. The van der Waals surface area contributed by atoms with E-state index in [-0.39, 0.29) is 11.9 Å². The highest BCUT2D eigenvalue weighted by Gasteiger charge is 2.23. The van der Waals surface area contributed by atoms with E-state index in [1.54, 1.807) is 0 Å². The van der Waals surface area contributed by atoms with E-state index in [1.165, 1.54) is 16.6 Å². The van der Waals surface area contributed by atoms with E-state index < -0.39 is 0 Å². The molecule has 162 valence electrons. The van der Waals surface area contributed by atoms with E-state index in [1.807, 2.05) is 38.4 Å². The van der Waals surface area contributed by atoms with Gasteiger partial charge in [0.15, 0.2) is 0 Å². The molecule has 1 aliphatic rings. The van der Waals surface area contributed by atoms with Crippen molar-refractivity contribution in [1.82, 2.24) is 10.2 Å². The van der Waals surface area contributed by atoms with Crippen LogP contribution in [0.4, 0.5) is 5.69 Å². The predicted octanol–water partition coefficient (Wildman–Crippen LogP) is 3.64. The van der Waals surface area contributed by atoms with Gasteiger partial charge in [0.25, 0.3) is 0 Å². The molecule has 1 saturated heterocycles. The second-order valence-corrected chi connectivity index (χ2v) is 8.27. The molecule has 4 rings (SSSR count). The zero-order valence-electron chi connectivity index (χ0n) is 18.4. The van der Waals surface area contributed by atoms with Gasteiger partial charge >= 0.3 is 0 Å². The van der Waals surface area contributed by atoms with E-state index in [0.29, 0.717) is 13.0 Å². The molecule has 0 unspecified atom stereocenters. The molecule has 0 spiro atoms. The van der Waals surface area contributed by atoms with Crippen molar-refractivity contribution < 1.29 is 9.53 Å². The van der Waals surface area contributed by atoms with Gasteiger partial charge in [0.2, 0.25) is 5.91 Å². The predicted molar refractivity (Wildman–Crippen MR) is 127 cm³/mol. The first-order valence-electron chi connectivity index (χ1n) is 10.9. The van der Waals surface area contributed by atoms with E-state index in [9.17, 15) is 4.79 Å². The molecule has 1 heterocycles. The maximum atomic E-state index is 12.9. The summed E-state index contributed by atoms with van der Waals surface area (Å²) in [5, 5.41) is 5.51. The summed E-state index contributed by atoms with van der Waals surface area (Å²) in [6.45, 7) is 3.80. The number of fused-ring (bicyclic) bond motifs is 1. The van der Waals surface area contributed by atoms with Gasteiger partial charge < -0.3 is 15.0 Å². The molecule has 0 saturated carbocycles. The molecule has 0 bridgehead atoms. The molecule has 5 nitrogen and oxygen atoms in total. The molecule has 0 aromatic heterocycles. The van der Waals surface area contributed by atoms with Crippen LogP contribution in [0.3, 0.4) is 0 Å². The molecular weight excluding hydrogens is 386 g/mol. The van der Waals surface area contributed by atoms with Gasteiger partial charge in [-0.15, -0.1) is 0 Å². The van der Waals surface area contributed by atoms with Crippen molar-refractivity contribution in [2.75, 3.05) is 51.8 Å². The van der Waals surface area contributed by atoms with Crippen LogP contribution < -0.4 is 10.2 Å². The largest absolute Gasteiger partial charge is 0.379 e. The number of ether oxygens (including phenoxy) is 1. The lowest BCUT2D eigenvalue weighted by molar-refractivity contribution is -0.120. The van der Waals surface area contributed by atoms with E-state index in [4.69, 9.17) is 4.74 Å². The highest BCUT2D eigenvalue weighted by Crippen LogP contribution is 2.24. The van der Waals surface area contributed by atoms with Crippen LogP contribution in [0, 0.1) is 0 Å². The average molecular weight is 418 g/mol. The van der Waals surface area contributed by atoms with Gasteiger partial charge in [0, 0.05) is 39.4 Å². The Balaban J connectivity index is 1.47. The summed E-state index contributed by atoms with van der Waals surface area (Å²) in [4.78, 5) is 17.4. The van der Waals surface area contributed by atoms with Gasteiger partial charge in [-0.05, 0) is 34.0 Å². The number of hydrogen-bond acceptors (Lipinski definition) is 4. The minimum absolute atomic E-state index is 0.0551. The summed E-state index contributed by atoms with van der Waals surface area (Å²) in [5.74, 6) is 0.0551. The third kappa shape index (κ3) is 5.24. The summed E-state index contributed by atoms with van der Waals surface area (Å²) in [7, 11) is 4.09. The number of carbonyl (C=O) groups excluding carboxylic acids is 1. The fraction of sp³-hybridized carbons (Fsp3) is 0.346. The highest BCUT2D eigenvalue weighted by atomic mass is 16.5. The fourth-order valence-electron chi connectivity index (χ4n) is 4.23. The molecule has 1 fully saturated rings. The Morgan fingerprint density at radius 2 is 1.71 bits per heavy atom. The van der Waals surface area contributed by atoms with Crippen molar-refractivity contribution in [3.8, 4) is 0 Å². The van der Waals surface area contributed by atoms with Crippen LogP contribution in [0.5, 0.6) is 0 Å². The van der Waals surface area contributed by atoms with Crippen molar-refractivity contribution >= 4 is 22.4 Å². The van der Waals surface area contributed by atoms with Crippen molar-refractivity contribution in [2.24, 2.45) is 0 Å². The second-order valence-electron chi connectivity index (χ2n) is 8.27. The van der Waals surface area contributed by atoms with Crippen molar-refractivity contribution in [2.45, 2.75) is 12.5 Å². The number of carbonyl (C=O) groups is 1. The first-order valence-corrected chi connectivity index (χ1v) is 10.9. The zero-order chi connectivity index (χ0) is 21.6. The molecule has 0 aliphatic carbocycles. The van der Waals surface area contributed by atoms with Crippen LogP contribution >= 0.6 is 0 Å². The quantitative estimate of drug-likeness (QED) is 0.638. The summed E-state index contributed by atoms with van der Waals surface area (Å²) in [6, 6.07) is 23.1. The molecule has 3 aromatic rings. The molecule has 1 amide bonds. The highest BCUT2D eigenvalue weighted by molar-refractivity contribution is 5.90. The lowest BCUT2D eigenvalue weighted by atomic mass is 10.0. The number of benzene rings is 3. The van der Waals surface area contributed by atoms with Gasteiger partial charge in [-0.2, -0.15) is 0 Å². The monoisotopic (exact) mass is 417 g/mol. The van der Waals surface area contributed by atoms with Gasteiger partial charge in [-0.1, -0.05) is 54.6 Å². The number of nitrogens with one attached hydrogen (secondary N) is 1. The molecule has 3 aromatic carbocycles. The SMILES string of the molecule is CN(C)c1ccc([C@H](CNC(=O)Cc2cccc3ccccc23)N2CCOCC2)cc1. The number of amides is 1. The Bertz CT molecular complexity index is 1010. The lowest BCUT2D eigenvalue weighted by Gasteiger charge is -2.35. The second kappa shape index (κ2) is 9.94. The van der Waals surface area contributed by atoms with Gasteiger partial charge in [0.1, 0.15) is 0 Å². The molecule has 5 heteroatoms. The van der Waals surface area contributed by atoms with E-state index in [2.05, 4.69) is 57.6 Å². The van der Waals surface area contributed by atoms with Crippen molar-refractivity contribution in [1.29, 1.82) is 0 Å². The number of nitrogens with zero attached hydrogens (tertiary/aromatic N) is 2. The minimum Gasteiger partial charge on any atom is -0.379 e. The van der Waals surface area contributed by atoms with Crippen LogP contribution in [-0.4, -0.2) is 57.8 Å². The third-order valence-corrected chi connectivity index (χ3v) is 6.00. The maximum absolute atomic E-state index is 12.9. The summed E-state index contributed by atoms with van der Waals surface area (Å²) in [6.07, 6.45) is 0.386. The average Bonchev–Trinajstić information content (AvgIpc) is 2.80. The van der Waals surface area contributed by atoms with Crippen LogP contribution in [0.25, 0.3) is 10.8 Å². The molecular formula is C26H31N3O2. The van der Waals surface area contributed by atoms with Crippen molar-refractivity contribution in [3.05, 3.63) is 77.9 Å². The van der Waals surface area contributed by atoms with Crippen LogP contribution in [0.2, 0.25) is 0 Å². The normalized spacial score (nSPS) is 15.5. The zero-order valence-corrected chi connectivity index (χ0v) is 18.4. The Labute approximate surface area is 184 Å². The Hall–Kier alpha value is -2.89. The molecule has 1 N–H and O–H groups in total. The first kappa shape index (κ1) is 21.3. The van der Waals surface area contributed by atoms with Crippen LogP contribution in [0.1, 0.15) is 17.2 Å². The number of hydrogen-bond donors (Lipinski definition) is 1. The smallest absolute Gasteiger partial charge is 0.224 e. The van der Waals surface area contributed by atoms with Gasteiger partial charge in [-0.3, -0.25) is 9.69 Å². The number of morpholine rings is 1. The maximum Gasteiger partial charge on any atom is 0.224 e. The summed E-state index contributed by atoms with van der Waals surface area (Å²) in [5.41, 5.74) is 3.45. The minimum atomic E-state index is 0.0551. The Morgan fingerprint density at radius 3 is 2.45 bits per heavy atom. The van der Waals surface area contributed by atoms with Crippen molar-refractivity contribution in [3.63, 3.8) is 0 Å². The first-order chi connectivity index (χ1) is 15.1. The standard InChI is InChI=1S/C26H31N3O2/c1-28(2)23-12-10-21(11-13-23)25(29-14-16-31-17-15-29)19-27-26(30)18-22-8-5-7-20-6-3-4-9-24(20)22/h3-13,25H,14-19H2,1-2H3,(H,27,30)/t25-/m0/s1. The van der Waals surface area contributed by atoms with Gasteiger partial charge in [0.05, 0.1) is 25.7 Å². The third-order valence-electron chi connectivity index (χ3n) is 6.00. The summed E-state index contributed by atoms with van der Waals surface area (Å²) < 4.78 is 5.55. The van der Waals surface area contributed by atoms with Crippen LogP contribution in [0.15, 0.2) is 66.7 Å². The van der Waals surface area contributed by atoms with Gasteiger partial charge in [-0.25, -0.2) is 0 Å². The Kier molecular flexibility index (Phi) is 6.85. The van der Waals surface area contributed by atoms with E-state index >= 15 is 0 Å². The van der Waals surface area contributed by atoms with Crippen LogP contribution in [-0.2, 0) is 16.0 Å².